The highest BCUT2D eigenvalue weighted by Gasteiger charge is 2.19. The molecule has 0 bridgehead atoms. The number of hydrogen-bond donors (Lipinski definition) is 1. The van der Waals surface area contributed by atoms with Gasteiger partial charge in [0.05, 0.1) is 22.8 Å². The highest BCUT2D eigenvalue weighted by Crippen LogP contribution is 2.20. The van der Waals surface area contributed by atoms with Crippen LogP contribution in [0.25, 0.3) is 0 Å². The van der Waals surface area contributed by atoms with Crippen molar-refractivity contribution in [3.05, 3.63) is 63.2 Å². The summed E-state index contributed by atoms with van der Waals surface area (Å²) in [6.07, 6.45) is 1.04. The minimum Gasteiger partial charge on any atom is -0.477 e. The molecule has 0 saturated carbocycles. The largest absolute Gasteiger partial charge is 0.477 e. The summed E-state index contributed by atoms with van der Waals surface area (Å²) in [5.74, 6) is -1.93. The molecule has 0 amide bonds. The molecule has 2 rings (SSSR count). The number of benzene rings is 1. The Balaban J connectivity index is 2.49. The summed E-state index contributed by atoms with van der Waals surface area (Å²) in [5, 5.41) is 28.7. The molecule has 106 valence electrons. The molecule has 1 aromatic carbocycles. The predicted octanol–water partition coefficient (Wildman–Crippen LogP) is 2.15. The molecule has 0 aliphatic carbocycles. The van der Waals surface area contributed by atoms with E-state index >= 15 is 0 Å². The summed E-state index contributed by atoms with van der Waals surface area (Å²) >= 11 is 0. The van der Waals surface area contributed by atoms with Crippen molar-refractivity contribution < 1.29 is 19.2 Å². The quantitative estimate of drug-likeness (QED) is 0.685. The van der Waals surface area contributed by atoms with Gasteiger partial charge in [0.15, 0.2) is 0 Å². The van der Waals surface area contributed by atoms with E-state index in [1.807, 2.05) is 6.07 Å². The molecule has 21 heavy (non-hydrogen) atoms. The summed E-state index contributed by atoms with van der Waals surface area (Å²) in [6, 6.07) is 6.24. The average Bonchev–Trinajstić information content (AvgIpc) is 2.83. The van der Waals surface area contributed by atoms with E-state index in [-0.39, 0.29) is 29.1 Å². The first-order valence-electron chi connectivity index (χ1n) is 5.68. The van der Waals surface area contributed by atoms with Crippen LogP contribution in [0.4, 0.5) is 10.1 Å². The Morgan fingerprint density at radius 1 is 1.48 bits per heavy atom. The van der Waals surface area contributed by atoms with Gasteiger partial charge in [-0.15, -0.1) is 0 Å². The van der Waals surface area contributed by atoms with Crippen LogP contribution in [0.2, 0.25) is 0 Å². The third-order valence-corrected chi connectivity index (χ3v) is 2.84. The molecule has 0 aliphatic heterocycles. The van der Waals surface area contributed by atoms with Crippen molar-refractivity contribution in [3.8, 4) is 6.07 Å². The maximum absolute atomic E-state index is 13.2. The zero-order chi connectivity index (χ0) is 15.6. The van der Waals surface area contributed by atoms with Crippen molar-refractivity contribution >= 4 is 11.7 Å². The van der Waals surface area contributed by atoms with Gasteiger partial charge in [0.2, 0.25) is 0 Å². The number of aromatic nitrogens is 1. The third-order valence-electron chi connectivity index (χ3n) is 2.84. The summed E-state index contributed by atoms with van der Waals surface area (Å²) < 4.78 is 14.3. The number of halogens is 1. The van der Waals surface area contributed by atoms with Crippen LogP contribution < -0.4 is 0 Å². The van der Waals surface area contributed by atoms with E-state index in [0.29, 0.717) is 0 Å². The van der Waals surface area contributed by atoms with Crippen LogP contribution in [0.1, 0.15) is 21.6 Å². The first-order valence-corrected chi connectivity index (χ1v) is 5.68. The lowest BCUT2D eigenvalue weighted by atomic mass is 10.1. The van der Waals surface area contributed by atoms with Crippen molar-refractivity contribution in [2.45, 2.75) is 6.54 Å². The lowest BCUT2D eigenvalue weighted by Crippen LogP contribution is -2.09. The topological polar surface area (TPSA) is 109 Å². The molecule has 0 spiro atoms. The fourth-order valence-corrected chi connectivity index (χ4v) is 1.89. The van der Waals surface area contributed by atoms with Gasteiger partial charge in [0, 0.05) is 12.6 Å². The molecule has 2 aromatic rings. The number of carboxylic acid groups (broad SMARTS) is 1. The molecule has 0 radical (unpaired) electrons. The normalized spacial score (nSPS) is 10.1. The lowest BCUT2D eigenvalue weighted by molar-refractivity contribution is -0.384. The van der Waals surface area contributed by atoms with E-state index in [9.17, 15) is 19.3 Å². The van der Waals surface area contributed by atoms with E-state index in [1.165, 1.54) is 6.07 Å². The maximum atomic E-state index is 13.2. The number of carboxylic acids is 1. The third kappa shape index (κ3) is 2.87. The van der Waals surface area contributed by atoms with Gasteiger partial charge in [-0.1, -0.05) is 0 Å². The Morgan fingerprint density at radius 3 is 2.76 bits per heavy atom. The molecule has 0 saturated heterocycles. The van der Waals surface area contributed by atoms with Crippen LogP contribution >= 0.6 is 0 Å². The molecule has 0 atom stereocenters. The fourth-order valence-electron chi connectivity index (χ4n) is 1.89. The number of nitro groups is 1. The number of aromatic carboxylic acids is 1. The predicted molar refractivity (Wildman–Crippen MR) is 68.3 cm³/mol. The Morgan fingerprint density at radius 2 is 2.19 bits per heavy atom. The smallest absolute Gasteiger partial charge is 0.352 e. The number of carbonyl (C=O) groups is 1. The van der Waals surface area contributed by atoms with E-state index in [1.54, 1.807) is 0 Å². The van der Waals surface area contributed by atoms with Crippen LogP contribution in [-0.4, -0.2) is 20.6 Å². The SMILES string of the molecule is N#Cc1ccc(F)cc1Cn1cc([N+](=O)[O-])cc1C(=O)O. The lowest BCUT2D eigenvalue weighted by Gasteiger charge is -2.07. The first kappa shape index (κ1) is 14.2. The van der Waals surface area contributed by atoms with E-state index < -0.39 is 16.7 Å². The summed E-state index contributed by atoms with van der Waals surface area (Å²) in [7, 11) is 0. The standard InChI is InChI=1S/C13H8FN3O4/c14-10-2-1-8(5-15)9(3-10)6-16-7-11(17(20)21)4-12(16)13(18)19/h1-4,7H,6H2,(H,18,19). The molecule has 1 heterocycles. The van der Waals surface area contributed by atoms with Gasteiger partial charge >= 0.3 is 5.97 Å². The van der Waals surface area contributed by atoms with Crippen LogP contribution in [0.15, 0.2) is 30.5 Å². The molecule has 0 aliphatic rings. The monoisotopic (exact) mass is 289 g/mol. The van der Waals surface area contributed by atoms with Crippen LogP contribution in [0, 0.1) is 27.3 Å². The van der Waals surface area contributed by atoms with Crippen molar-refractivity contribution in [3.63, 3.8) is 0 Å². The highest BCUT2D eigenvalue weighted by atomic mass is 19.1. The zero-order valence-corrected chi connectivity index (χ0v) is 10.5. The molecule has 0 unspecified atom stereocenters. The van der Waals surface area contributed by atoms with Crippen LogP contribution in [0.3, 0.4) is 0 Å². The van der Waals surface area contributed by atoms with Crippen LogP contribution in [-0.2, 0) is 6.54 Å². The first-order chi connectivity index (χ1) is 9.92. The van der Waals surface area contributed by atoms with Gasteiger partial charge in [-0.25, -0.2) is 9.18 Å². The summed E-state index contributed by atoms with van der Waals surface area (Å²) in [6.45, 7) is -0.157. The molecular formula is C13H8FN3O4. The molecule has 0 fully saturated rings. The van der Waals surface area contributed by atoms with Gasteiger partial charge in [-0.2, -0.15) is 5.26 Å². The molecule has 7 nitrogen and oxygen atoms in total. The van der Waals surface area contributed by atoms with Crippen molar-refractivity contribution in [1.29, 1.82) is 5.26 Å². The minimum atomic E-state index is -1.35. The van der Waals surface area contributed by atoms with Gasteiger partial charge in [0.25, 0.3) is 5.69 Å². The molecule has 1 N–H and O–H groups in total. The molecular weight excluding hydrogens is 281 g/mol. The Bertz CT molecular complexity index is 776. The highest BCUT2D eigenvalue weighted by molar-refractivity contribution is 5.87. The second-order valence-electron chi connectivity index (χ2n) is 4.19. The summed E-state index contributed by atoms with van der Waals surface area (Å²) in [4.78, 5) is 21.1. The molecule has 8 heteroatoms. The number of rotatable bonds is 4. The minimum absolute atomic E-state index is 0.157. The number of hydrogen-bond acceptors (Lipinski definition) is 4. The van der Waals surface area contributed by atoms with Gasteiger partial charge in [0.1, 0.15) is 11.5 Å². The average molecular weight is 289 g/mol. The Hall–Kier alpha value is -3.21. The maximum Gasteiger partial charge on any atom is 0.352 e. The van der Waals surface area contributed by atoms with Crippen molar-refractivity contribution in [1.82, 2.24) is 4.57 Å². The van der Waals surface area contributed by atoms with Gasteiger partial charge in [-0.05, 0) is 23.8 Å². The Labute approximate surface area is 117 Å². The second-order valence-corrected chi connectivity index (χ2v) is 4.19. The molecule has 1 aromatic heterocycles. The Kier molecular flexibility index (Phi) is 3.67. The zero-order valence-electron chi connectivity index (χ0n) is 10.5. The fraction of sp³-hybridized carbons (Fsp3) is 0.0769. The van der Waals surface area contributed by atoms with E-state index in [4.69, 9.17) is 10.4 Å². The second kappa shape index (κ2) is 5.42. The number of nitrogens with zero attached hydrogens (tertiary/aromatic N) is 3. The van der Waals surface area contributed by atoms with E-state index in [0.717, 1.165) is 29.0 Å². The van der Waals surface area contributed by atoms with Crippen molar-refractivity contribution in [2.75, 3.05) is 0 Å². The van der Waals surface area contributed by atoms with Crippen molar-refractivity contribution in [2.24, 2.45) is 0 Å². The van der Waals surface area contributed by atoms with Crippen LogP contribution in [0.5, 0.6) is 0 Å². The number of nitriles is 1. The van der Waals surface area contributed by atoms with Gasteiger partial charge in [-0.3, -0.25) is 10.1 Å². The van der Waals surface area contributed by atoms with Gasteiger partial charge < -0.3 is 9.67 Å². The summed E-state index contributed by atoms with van der Waals surface area (Å²) in [5.41, 5.74) is -0.285. The van der Waals surface area contributed by atoms with E-state index in [2.05, 4.69) is 0 Å².